The molecule has 0 amide bonds. The van der Waals surface area contributed by atoms with Crippen LogP contribution in [0.15, 0.2) is 181 Å². The van der Waals surface area contributed by atoms with Crippen LogP contribution < -0.4 is 0 Å². The van der Waals surface area contributed by atoms with Gasteiger partial charge >= 0.3 is 0 Å². The molecule has 1 aliphatic carbocycles. The highest BCUT2D eigenvalue weighted by Crippen LogP contribution is 2.59. The predicted molar refractivity (Wildman–Crippen MR) is 216 cm³/mol. The minimum atomic E-state index is -0.556. The summed E-state index contributed by atoms with van der Waals surface area (Å²) in [5.74, 6) is 0.717. The summed E-state index contributed by atoms with van der Waals surface area (Å²) >= 11 is 0. The Bertz CT molecular complexity index is 2670. The summed E-state index contributed by atoms with van der Waals surface area (Å²) < 4.78 is 6.12. The zero-order chi connectivity index (χ0) is 34.9. The standard InChI is InChI=1S/C50H37NO/c1-49(2)32-52-48(51-49)38-17-13-16-37(29-38)44-31-46-47(42-23-12-11-22-41(42)44)43-27-26-36(35-25-24-33-14-9-10-15-34(33)28-35)30-45(43)50(46,39-18-5-3-6-19-39)40-20-7-4-8-21-40/h3-31H,32H2,1-2H3. The number of hydrogen-bond acceptors (Lipinski definition) is 2. The molecule has 2 heteroatoms. The van der Waals surface area contributed by atoms with Crippen molar-refractivity contribution in [2.45, 2.75) is 24.8 Å². The summed E-state index contributed by atoms with van der Waals surface area (Å²) in [6.07, 6.45) is 0. The van der Waals surface area contributed by atoms with Gasteiger partial charge in [0.05, 0.1) is 11.0 Å². The molecule has 8 aromatic rings. The zero-order valence-corrected chi connectivity index (χ0v) is 29.3. The second-order valence-corrected chi connectivity index (χ2v) is 14.8. The lowest BCUT2D eigenvalue weighted by atomic mass is 9.67. The van der Waals surface area contributed by atoms with Crippen LogP contribution >= 0.6 is 0 Å². The fourth-order valence-corrected chi connectivity index (χ4v) is 8.68. The Morgan fingerprint density at radius 2 is 1.10 bits per heavy atom. The molecule has 0 saturated carbocycles. The molecule has 0 aromatic heterocycles. The molecule has 0 saturated heterocycles. The van der Waals surface area contributed by atoms with E-state index >= 15 is 0 Å². The molecule has 10 rings (SSSR count). The Morgan fingerprint density at radius 1 is 0.462 bits per heavy atom. The fourth-order valence-electron chi connectivity index (χ4n) is 8.68. The minimum absolute atomic E-state index is 0.228. The van der Waals surface area contributed by atoms with Gasteiger partial charge in [-0.15, -0.1) is 0 Å². The van der Waals surface area contributed by atoms with E-state index in [1.807, 2.05) is 0 Å². The second kappa shape index (κ2) is 11.6. The average Bonchev–Trinajstić information content (AvgIpc) is 3.72. The van der Waals surface area contributed by atoms with E-state index in [-0.39, 0.29) is 5.54 Å². The van der Waals surface area contributed by atoms with Gasteiger partial charge in [-0.05, 0) is 121 Å². The van der Waals surface area contributed by atoms with Gasteiger partial charge in [-0.3, -0.25) is 0 Å². The van der Waals surface area contributed by atoms with Crippen molar-refractivity contribution in [3.63, 3.8) is 0 Å². The van der Waals surface area contributed by atoms with Crippen molar-refractivity contribution >= 4 is 27.4 Å². The Labute approximate surface area is 304 Å². The van der Waals surface area contributed by atoms with Gasteiger partial charge in [-0.1, -0.05) is 146 Å². The summed E-state index contributed by atoms with van der Waals surface area (Å²) in [5.41, 5.74) is 12.7. The largest absolute Gasteiger partial charge is 0.475 e. The van der Waals surface area contributed by atoms with Gasteiger partial charge in [0.2, 0.25) is 5.90 Å². The van der Waals surface area contributed by atoms with Gasteiger partial charge in [0.1, 0.15) is 6.61 Å². The van der Waals surface area contributed by atoms with Crippen LogP contribution in [0.2, 0.25) is 0 Å². The molecule has 1 heterocycles. The first kappa shape index (κ1) is 30.6. The molecule has 248 valence electrons. The maximum atomic E-state index is 6.12. The van der Waals surface area contributed by atoms with Crippen molar-refractivity contribution in [1.82, 2.24) is 0 Å². The summed E-state index contributed by atoms with van der Waals surface area (Å²) in [6.45, 7) is 4.83. The van der Waals surface area contributed by atoms with Gasteiger partial charge in [0, 0.05) is 5.56 Å². The zero-order valence-electron chi connectivity index (χ0n) is 29.3. The molecule has 0 radical (unpaired) electrons. The van der Waals surface area contributed by atoms with Crippen molar-refractivity contribution in [2.75, 3.05) is 6.61 Å². The summed E-state index contributed by atoms with van der Waals surface area (Å²) in [7, 11) is 0. The van der Waals surface area contributed by atoms with E-state index in [9.17, 15) is 0 Å². The molecule has 0 atom stereocenters. The Hall–Kier alpha value is -6.25. The lowest BCUT2D eigenvalue weighted by Crippen LogP contribution is -2.28. The number of benzene rings is 8. The number of nitrogens with zero attached hydrogens (tertiary/aromatic N) is 1. The molecule has 0 bridgehead atoms. The van der Waals surface area contributed by atoms with Crippen molar-refractivity contribution in [2.24, 2.45) is 4.99 Å². The number of aliphatic imine (C=N–C) groups is 1. The maximum absolute atomic E-state index is 6.12. The smallest absolute Gasteiger partial charge is 0.216 e. The highest BCUT2D eigenvalue weighted by atomic mass is 16.5. The predicted octanol–water partition coefficient (Wildman–Crippen LogP) is 12.2. The van der Waals surface area contributed by atoms with Crippen molar-refractivity contribution in [3.8, 4) is 33.4 Å². The first-order chi connectivity index (χ1) is 25.5. The molecule has 0 N–H and O–H groups in total. The first-order valence-electron chi connectivity index (χ1n) is 18.1. The molecule has 0 spiro atoms. The van der Waals surface area contributed by atoms with E-state index in [2.05, 4.69) is 190 Å². The van der Waals surface area contributed by atoms with Crippen molar-refractivity contribution in [1.29, 1.82) is 0 Å². The fraction of sp³-hybridized carbons (Fsp3) is 0.100. The molecule has 1 aliphatic heterocycles. The summed E-state index contributed by atoms with van der Waals surface area (Å²) in [5, 5.41) is 4.98. The second-order valence-electron chi connectivity index (χ2n) is 14.8. The third kappa shape index (κ3) is 4.68. The minimum Gasteiger partial charge on any atom is -0.475 e. The van der Waals surface area contributed by atoms with Crippen LogP contribution in [0.5, 0.6) is 0 Å². The van der Waals surface area contributed by atoms with Crippen molar-refractivity contribution < 1.29 is 4.74 Å². The number of ether oxygens (including phenoxy) is 1. The third-order valence-corrected chi connectivity index (χ3v) is 11.0. The van der Waals surface area contributed by atoms with Gasteiger partial charge in [-0.2, -0.15) is 0 Å². The lowest BCUT2D eigenvalue weighted by molar-refractivity contribution is 0.279. The summed E-state index contributed by atoms with van der Waals surface area (Å²) in [6, 6.07) is 64.9. The average molecular weight is 668 g/mol. The highest BCUT2D eigenvalue weighted by molar-refractivity contribution is 6.11. The number of fused-ring (bicyclic) bond motifs is 6. The van der Waals surface area contributed by atoms with Crippen LogP contribution in [0.3, 0.4) is 0 Å². The summed E-state index contributed by atoms with van der Waals surface area (Å²) in [4.78, 5) is 4.92. The van der Waals surface area contributed by atoms with E-state index < -0.39 is 5.41 Å². The molecular weight excluding hydrogens is 631 g/mol. The lowest BCUT2D eigenvalue weighted by Gasteiger charge is -2.34. The van der Waals surface area contributed by atoms with Gasteiger partial charge in [0.15, 0.2) is 0 Å². The van der Waals surface area contributed by atoms with Gasteiger partial charge < -0.3 is 4.74 Å². The topological polar surface area (TPSA) is 21.6 Å². The Morgan fingerprint density at radius 3 is 1.83 bits per heavy atom. The number of hydrogen-bond donors (Lipinski definition) is 0. The van der Waals surface area contributed by atoms with E-state index in [1.54, 1.807) is 0 Å². The van der Waals surface area contributed by atoms with E-state index in [4.69, 9.17) is 9.73 Å². The third-order valence-electron chi connectivity index (χ3n) is 11.0. The van der Waals surface area contributed by atoms with Crippen LogP contribution in [-0.2, 0) is 10.2 Å². The van der Waals surface area contributed by atoms with Crippen molar-refractivity contribution in [3.05, 3.63) is 204 Å². The van der Waals surface area contributed by atoms with Gasteiger partial charge in [0.25, 0.3) is 0 Å². The first-order valence-corrected chi connectivity index (χ1v) is 18.1. The normalized spacial score (nSPS) is 15.2. The molecule has 8 aromatic carbocycles. The van der Waals surface area contributed by atoms with Crippen LogP contribution in [0.4, 0.5) is 0 Å². The van der Waals surface area contributed by atoms with Crippen LogP contribution in [0, 0.1) is 0 Å². The van der Waals surface area contributed by atoms with E-state index in [1.165, 1.54) is 71.6 Å². The van der Waals surface area contributed by atoms with Crippen LogP contribution in [0.25, 0.3) is 54.9 Å². The number of rotatable bonds is 5. The van der Waals surface area contributed by atoms with E-state index in [0.717, 1.165) is 11.1 Å². The molecule has 0 fully saturated rings. The van der Waals surface area contributed by atoms with Crippen LogP contribution in [-0.4, -0.2) is 18.0 Å². The Kier molecular flexibility index (Phi) is 6.85. The quantitative estimate of drug-likeness (QED) is 0.179. The van der Waals surface area contributed by atoms with E-state index in [0.29, 0.717) is 12.5 Å². The molecule has 52 heavy (non-hydrogen) atoms. The Balaban J connectivity index is 1.29. The monoisotopic (exact) mass is 667 g/mol. The SMILES string of the molecule is CC1(C)COC(c2cccc(-c3cc4c(c5ccccc35)-c3ccc(-c5ccc6ccccc6c5)cc3C4(c3ccccc3)c3ccccc3)c2)=N1. The molecule has 2 nitrogen and oxygen atoms in total. The molecular formula is C50H37NO. The molecule has 0 unspecified atom stereocenters. The highest BCUT2D eigenvalue weighted by Gasteiger charge is 2.47. The maximum Gasteiger partial charge on any atom is 0.216 e. The van der Waals surface area contributed by atoms with Crippen LogP contribution in [0.1, 0.15) is 41.7 Å². The molecule has 2 aliphatic rings. The van der Waals surface area contributed by atoms with Gasteiger partial charge in [-0.25, -0.2) is 4.99 Å².